The maximum atomic E-state index is 14.0. The molecule has 3 saturated heterocycles. The van der Waals surface area contributed by atoms with Gasteiger partial charge in [0.15, 0.2) is 5.82 Å². The summed E-state index contributed by atoms with van der Waals surface area (Å²) in [5, 5.41) is 17.8. The van der Waals surface area contributed by atoms with E-state index >= 15 is 0 Å². The molecule has 12 nitrogen and oxygen atoms in total. The van der Waals surface area contributed by atoms with Crippen LogP contribution in [0.2, 0.25) is 0 Å². The number of carbonyl (C=O) groups excluding carboxylic acids is 2. The summed E-state index contributed by atoms with van der Waals surface area (Å²) in [5.74, 6) is 0.505. The Balaban J connectivity index is 1.10. The van der Waals surface area contributed by atoms with Crippen molar-refractivity contribution in [2.24, 2.45) is 0 Å². The first-order valence-electron chi connectivity index (χ1n) is 16.3. The van der Waals surface area contributed by atoms with Gasteiger partial charge in [-0.05, 0) is 95.4 Å². The third-order valence-electron chi connectivity index (χ3n) is 9.73. The number of phenols is 1. The van der Waals surface area contributed by atoms with E-state index in [9.17, 15) is 19.5 Å². The molecule has 0 saturated carbocycles. The number of urea groups is 1. The summed E-state index contributed by atoms with van der Waals surface area (Å²) in [6.07, 6.45) is 3.71. The first kappa shape index (κ1) is 33.7. The quantitative estimate of drug-likeness (QED) is 0.335. The van der Waals surface area contributed by atoms with Crippen LogP contribution in [0.25, 0.3) is 11.4 Å². The van der Waals surface area contributed by atoms with E-state index in [0.717, 1.165) is 50.1 Å². The average Bonchev–Trinajstić information content (AvgIpc) is 3.48. The fourth-order valence-electron chi connectivity index (χ4n) is 6.92. The molecule has 3 aromatic rings. The SMILES string of the molecule is CN1CCC(N2CCN(C(=O)[C@@H](Cc3cc(Br)c(O)c(Br)c3)NC(=O)N3CCC(n4nc(-c5ccccc5)[nH]c4=O)CC3)CC2)CC1. The largest absolute Gasteiger partial charge is 0.506 e. The maximum absolute atomic E-state index is 14.0. The van der Waals surface area contributed by atoms with E-state index in [1.807, 2.05) is 35.2 Å². The summed E-state index contributed by atoms with van der Waals surface area (Å²) in [6, 6.07) is 12.4. The molecule has 4 heterocycles. The number of hydrogen-bond acceptors (Lipinski definition) is 7. The van der Waals surface area contributed by atoms with Crippen molar-refractivity contribution in [2.75, 3.05) is 59.4 Å². The van der Waals surface area contributed by atoms with Gasteiger partial charge in [-0.2, -0.15) is 0 Å². The number of phenolic OH excluding ortho intramolecular Hbond substituents is 1. The van der Waals surface area contributed by atoms with E-state index in [1.54, 1.807) is 17.0 Å². The highest BCUT2D eigenvalue weighted by atomic mass is 79.9. The molecule has 14 heteroatoms. The number of aromatic nitrogens is 3. The zero-order chi connectivity index (χ0) is 33.1. The van der Waals surface area contributed by atoms with Crippen LogP contribution in [0.4, 0.5) is 4.79 Å². The smallest absolute Gasteiger partial charge is 0.343 e. The van der Waals surface area contributed by atoms with Crippen LogP contribution < -0.4 is 11.0 Å². The Morgan fingerprint density at radius 3 is 2.17 bits per heavy atom. The van der Waals surface area contributed by atoms with Crippen molar-refractivity contribution in [1.82, 2.24) is 39.7 Å². The summed E-state index contributed by atoms with van der Waals surface area (Å²) in [4.78, 5) is 51.7. The Kier molecular flexibility index (Phi) is 10.7. The van der Waals surface area contributed by atoms with Gasteiger partial charge in [0, 0.05) is 57.3 Å². The molecule has 0 radical (unpaired) electrons. The van der Waals surface area contributed by atoms with E-state index in [1.165, 1.54) is 4.68 Å². The van der Waals surface area contributed by atoms with Gasteiger partial charge in [0.2, 0.25) is 5.91 Å². The van der Waals surface area contributed by atoms with Gasteiger partial charge in [0.25, 0.3) is 0 Å². The van der Waals surface area contributed by atoms with Crippen molar-refractivity contribution < 1.29 is 14.7 Å². The van der Waals surface area contributed by atoms with Crippen LogP contribution in [0.3, 0.4) is 0 Å². The zero-order valence-corrected chi connectivity index (χ0v) is 29.7. The number of piperazine rings is 1. The molecule has 252 valence electrons. The second-order valence-electron chi connectivity index (χ2n) is 12.8. The van der Waals surface area contributed by atoms with Gasteiger partial charge in [-0.25, -0.2) is 14.3 Å². The second-order valence-corrected chi connectivity index (χ2v) is 14.5. The Labute approximate surface area is 291 Å². The van der Waals surface area contributed by atoms with E-state index in [0.29, 0.717) is 59.8 Å². The number of aromatic amines is 1. The van der Waals surface area contributed by atoms with Crippen molar-refractivity contribution in [3.8, 4) is 17.1 Å². The van der Waals surface area contributed by atoms with E-state index in [2.05, 4.69) is 64.1 Å². The Hall–Kier alpha value is -3.20. The number of nitrogens with zero attached hydrogens (tertiary/aromatic N) is 6. The van der Waals surface area contributed by atoms with Gasteiger partial charge in [-0.1, -0.05) is 30.3 Å². The molecule has 3 fully saturated rings. The highest BCUT2D eigenvalue weighted by molar-refractivity contribution is 9.11. The van der Waals surface area contributed by atoms with Crippen LogP contribution in [-0.4, -0.2) is 123 Å². The highest BCUT2D eigenvalue weighted by Crippen LogP contribution is 2.34. The standard InChI is InChI=1S/C33H42Br2N8O4/c1-39-11-7-24(8-12-39)40-15-17-41(18-16-40)31(45)28(21-22-19-26(34)29(44)27(35)20-22)36-32(46)42-13-9-25(10-14-42)43-33(47)37-30(38-43)23-5-3-2-4-6-23/h2-6,19-20,24-25,28,44H,7-18,21H2,1H3,(H,36,46)(H,37,38,47)/t28-/m1/s1. The lowest BCUT2D eigenvalue weighted by molar-refractivity contribution is -0.135. The van der Waals surface area contributed by atoms with Crippen molar-refractivity contribution in [2.45, 2.75) is 50.2 Å². The van der Waals surface area contributed by atoms with E-state index in [-0.39, 0.29) is 35.8 Å². The molecule has 6 rings (SSSR count). The highest BCUT2D eigenvalue weighted by Gasteiger charge is 2.34. The minimum absolute atomic E-state index is 0.0838. The molecule has 3 aliphatic rings. The molecule has 0 unspecified atom stereocenters. The third-order valence-corrected chi connectivity index (χ3v) is 10.9. The van der Waals surface area contributed by atoms with Crippen molar-refractivity contribution in [3.63, 3.8) is 0 Å². The summed E-state index contributed by atoms with van der Waals surface area (Å²) in [7, 11) is 2.16. The van der Waals surface area contributed by atoms with Crippen LogP contribution in [-0.2, 0) is 11.2 Å². The van der Waals surface area contributed by atoms with E-state index < -0.39 is 6.04 Å². The lowest BCUT2D eigenvalue weighted by Gasteiger charge is -2.43. The minimum Gasteiger partial charge on any atom is -0.506 e. The molecule has 0 spiro atoms. The fraction of sp³-hybridized carbons (Fsp3) is 0.515. The number of H-pyrrole nitrogens is 1. The van der Waals surface area contributed by atoms with Gasteiger partial charge in [0.1, 0.15) is 11.8 Å². The Morgan fingerprint density at radius 2 is 1.53 bits per heavy atom. The molecular weight excluding hydrogens is 732 g/mol. The number of likely N-dealkylation sites (tertiary alicyclic amines) is 2. The van der Waals surface area contributed by atoms with Gasteiger partial charge in [-0.15, -0.1) is 5.10 Å². The first-order chi connectivity index (χ1) is 22.7. The van der Waals surface area contributed by atoms with Crippen LogP contribution in [0.1, 0.15) is 37.3 Å². The van der Waals surface area contributed by atoms with Gasteiger partial charge >= 0.3 is 11.7 Å². The van der Waals surface area contributed by atoms with Gasteiger partial charge < -0.3 is 25.1 Å². The number of nitrogens with one attached hydrogen (secondary N) is 2. The fourth-order valence-corrected chi connectivity index (χ4v) is 8.20. The molecular formula is C33H42Br2N8O4. The topological polar surface area (TPSA) is 130 Å². The van der Waals surface area contributed by atoms with Crippen LogP contribution in [0, 0.1) is 0 Å². The molecule has 1 aromatic heterocycles. The number of piperidine rings is 2. The number of carbonyl (C=O) groups is 2. The molecule has 0 bridgehead atoms. The van der Waals surface area contributed by atoms with Gasteiger partial charge in [-0.3, -0.25) is 14.7 Å². The number of amides is 3. The van der Waals surface area contributed by atoms with Crippen molar-refractivity contribution >= 4 is 43.8 Å². The summed E-state index contributed by atoms with van der Waals surface area (Å²) in [6.45, 7) is 5.95. The summed E-state index contributed by atoms with van der Waals surface area (Å²) >= 11 is 6.79. The number of rotatable bonds is 7. The number of hydrogen-bond donors (Lipinski definition) is 3. The maximum Gasteiger partial charge on any atom is 0.343 e. The van der Waals surface area contributed by atoms with Crippen LogP contribution in [0.15, 0.2) is 56.2 Å². The van der Waals surface area contributed by atoms with Crippen LogP contribution in [0.5, 0.6) is 5.75 Å². The lowest BCUT2D eigenvalue weighted by Crippen LogP contribution is -2.59. The van der Waals surface area contributed by atoms with Crippen LogP contribution >= 0.6 is 31.9 Å². The van der Waals surface area contributed by atoms with Crippen molar-refractivity contribution in [1.29, 1.82) is 0 Å². The minimum atomic E-state index is -0.777. The first-order valence-corrected chi connectivity index (χ1v) is 17.9. The second kappa shape index (κ2) is 14.9. The third kappa shape index (κ3) is 7.93. The molecule has 2 aromatic carbocycles. The van der Waals surface area contributed by atoms with Crippen molar-refractivity contribution in [3.05, 3.63) is 67.5 Å². The molecule has 3 N–H and O–H groups in total. The Bertz CT molecular complexity index is 1580. The van der Waals surface area contributed by atoms with E-state index in [4.69, 9.17) is 0 Å². The lowest BCUT2D eigenvalue weighted by atomic mass is 10.0. The Morgan fingerprint density at radius 1 is 0.915 bits per heavy atom. The normalized spacial score (nSPS) is 19.6. The molecule has 3 aliphatic heterocycles. The molecule has 3 amide bonds. The average molecular weight is 775 g/mol. The number of halogens is 2. The zero-order valence-electron chi connectivity index (χ0n) is 26.6. The van der Waals surface area contributed by atoms with Gasteiger partial charge in [0.05, 0.1) is 15.0 Å². The number of aromatic hydroxyl groups is 1. The molecule has 47 heavy (non-hydrogen) atoms. The predicted molar refractivity (Wildman–Crippen MR) is 186 cm³/mol. The predicted octanol–water partition coefficient (Wildman–Crippen LogP) is 3.67. The monoisotopic (exact) mass is 772 g/mol. The molecule has 1 atom stereocenters. The number of benzene rings is 2. The summed E-state index contributed by atoms with van der Waals surface area (Å²) in [5.41, 5.74) is 1.38. The molecule has 0 aliphatic carbocycles. The summed E-state index contributed by atoms with van der Waals surface area (Å²) < 4.78 is 2.52.